The quantitative estimate of drug-likeness (QED) is 0.165. The van der Waals surface area contributed by atoms with Crippen LogP contribution in [0.3, 0.4) is 0 Å². The maximum atomic E-state index is 14.7. The van der Waals surface area contributed by atoms with Crippen LogP contribution in [0.15, 0.2) is 127 Å². The van der Waals surface area contributed by atoms with Crippen LogP contribution in [0.5, 0.6) is 0 Å². The molecule has 9 aromatic rings. The van der Waals surface area contributed by atoms with Gasteiger partial charge in [-0.2, -0.15) is 76.4 Å². The Morgan fingerprint density at radius 3 is 1.06 bits per heavy atom. The summed E-state index contributed by atoms with van der Waals surface area (Å²) in [5.41, 5.74) is -8.39. The van der Waals surface area contributed by atoms with E-state index >= 15 is 0 Å². The monoisotopic (exact) mass is 950 g/mol. The molecule has 9 rings (SSSR count). The van der Waals surface area contributed by atoms with Gasteiger partial charge < -0.3 is 9.13 Å². The van der Waals surface area contributed by atoms with E-state index in [1.165, 1.54) is 45.5 Å². The highest BCUT2D eigenvalue weighted by Crippen LogP contribution is 2.47. The first kappa shape index (κ1) is 45.2. The van der Waals surface area contributed by atoms with Crippen LogP contribution in [0.1, 0.15) is 38.9 Å². The van der Waals surface area contributed by atoms with Crippen LogP contribution in [-0.2, 0) is 30.9 Å². The molecule has 0 aliphatic rings. The minimum absolute atomic E-state index is 0.0736. The first-order valence-corrected chi connectivity index (χ1v) is 19.5. The molecular weight excluding hydrogens is 930 g/mol. The van der Waals surface area contributed by atoms with E-state index in [9.17, 15) is 76.4 Å². The second-order valence-electron chi connectivity index (χ2n) is 15.5. The fourth-order valence-corrected chi connectivity index (χ4v) is 8.50. The van der Waals surface area contributed by atoms with Crippen molar-refractivity contribution in [3.05, 3.63) is 166 Å². The average Bonchev–Trinajstić information content (AvgIpc) is 3.78. The lowest BCUT2D eigenvalue weighted by Crippen LogP contribution is -2.08. The van der Waals surface area contributed by atoms with Crippen LogP contribution in [-0.4, -0.2) is 9.13 Å². The SMILES string of the molecule is N#Cc1ccc(-c2cc(-c3ccc(C#N)cc3C(F)(F)F)ccc2-n2c3ccc(C(F)(F)F)cc3c3cc(C(F)(F)F)ccc32)c(-n2c3ccc(C(F)(F)F)cc3c3cc(C(F)(F)F)ccc32)c1. The van der Waals surface area contributed by atoms with E-state index in [0.29, 0.717) is 54.6 Å². The number of alkyl halides is 15. The van der Waals surface area contributed by atoms with Crippen LogP contribution in [0.4, 0.5) is 65.9 Å². The molecule has 0 bridgehead atoms. The maximum absolute atomic E-state index is 14.7. The molecule has 0 radical (unpaired) electrons. The molecule has 0 saturated carbocycles. The molecule has 0 spiro atoms. The van der Waals surface area contributed by atoms with Crippen molar-refractivity contribution in [2.45, 2.75) is 30.9 Å². The van der Waals surface area contributed by atoms with Gasteiger partial charge in [-0.05, 0) is 120 Å². The van der Waals surface area contributed by atoms with E-state index < -0.39 is 64.3 Å². The summed E-state index contributed by atoms with van der Waals surface area (Å²) in [6, 6.07) is 22.6. The Morgan fingerprint density at radius 2 is 0.691 bits per heavy atom. The van der Waals surface area contributed by atoms with E-state index in [-0.39, 0.29) is 82.8 Å². The number of fused-ring (bicyclic) bond motifs is 6. The third kappa shape index (κ3) is 7.67. The van der Waals surface area contributed by atoms with Gasteiger partial charge in [-0.3, -0.25) is 0 Å². The third-order valence-electron chi connectivity index (χ3n) is 11.5. The van der Waals surface area contributed by atoms with Crippen LogP contribution < -0.4 is 0 Å². The topological polar surface area (TPSA) is 57.4 Å². The molecule has 0 N–H and O–H groups in total. The smallest absolute Gasteiger partial charge is 0.309 e. The highest BCUT2D eigenvalue weighted by atomic mass is 19.4. The molecule has 0 atom stereocenters. The van der Waals surface area contributed by atoms with Gasteiger partial charge in [0.25, 0.3) is 0 Å². The van der Waals surface area contributed by atoms with Crippen molar-refractivity contribution in [1.29, 1.82) is 10.5 Å². The number of benzene rings is 7. The molecule has 2 heterocycles. The Balaban J connectivity index is 1.45. The summed E-state index contributed by atoms with van der Waals surface area (Å²) in [5.74, 6) is 0. The van der Waals surface area contributed by atoms with E-state index in [4.69, 9.17) is 0 Å². The summed E-state index contributed by atoms with van der Waals surface area (Å²) >= 11 is 0. The lowest BCUT2D eigenvalue weighted by Gasteiger charge is -2.21. The van der Waals surface area contributed by atoms with E-state index in [1.807, 2.05) is 6.07 Å². The molecule has 4 nitrogen and oxygen atoms in total. The molecule has 0 unspecified atom stereocenters. The molecule has 68 heavy (non-hydrogen) atoms. The molecule has 2 aromatic heterocycles. The highest BCUT2D eigenvalue weighted by molar-refractivity contribution is 6.12. The Hall–Kier alpha value is -7.93. The van der Waals surface area contributed by atoms with E-state index in [2.05, 4.69) is 0 Å². The summed E-state index contributed by atoms with van der Waals surface area (Å²) < 4.78 is 217. The maximum Gasteiger partial charge on any atom is 0.417 e. The van der Waals surface area contributed by atoms with Crippen molar-refractivity contribution in [2.75, 3.05) is 0 Å². The molecule has 342 valence electrons. The zero-order valence-corrected chi connectivity index (χ0v) is 33.6. The summed E-state index contributed by atoms with van der Waals surface area (Å²) in [4.78, 5) is 0. The number of rotatable bonds is 4. The number of hydrogen-bond acceptors (Lipinski definition) is 2. The third-order valence-corrected chi connectivity index (χ3v) is 11.5. The normalized spacial score (nSPS) is 12.9. The number of aromatic nitrogens is 2. The fraction of sp³-hybridized carbons (Fsp3) is 0.102. The van der Waals surface area contributed by atoms with Gasteiger partial charge >= 0.3 is 30.9 Å². The summed E-state index contributed by atoms with van der Waals surface area (Å²) in [6.45, 7) is 0. The average molecular weight is 951 g/mol. The number of nitrogens with zero attached hydrogens (tertiary/aromatic N) is 4. The number of hydrogen-bond donors (Lipinski definition) is 0. The van der Waals surface area contributed by atoms with Gasteiger partial charge in [0.05, 0.1) is 84.5 Å². The Morgan fingerprint density at radius 1 is 0.324 bits per heavy atom. The second kappa shape index (κ2) is 15.3. The molecule has 0 saturated heterocycles. The van der Waals surface area contributed by atoms with E-state index in [0.717, 1.165) is 36.4 Å². The van der Waals surface area contributed by atoms with Crippen LogP contribution in [0.2, 0.25) is 0 Å². The van der Waals surface area contributed by atoms with Gasteiger partial charge in [-0.1, -0.05) is 18.2 Å². The van der Waals surface area contributed by atoms with Crippen LogP contribution in [0.25, 0.3) is 77.2 Å². The minimum Gasteiger partial charge on any atom is -0.309 e. The number of halogens is 15. The van der Waals surface area contributed by atoms with E-state index in [1.54, 1.807) is 6.07 Å². The van der Waals surface area contributed by atoms with Crippen molar-refractivity contribution < 1.29 is 65.9 Å². The largest absolute Gasteiger partial charge is 0.417 e. The van der Waals surface area contributed by atoms with Crippen molar-refractivity contribution in [2.24, 2.45) is 0 Å². The zero-order valence-electron chi connectivity index (χ0n) is 33.6. The second-order valence-corrected chi connectivity index (χ2v) is 15.5. The molecule has 0 aliphatic heterocycles. The van der Waals surface area contributed by atoms with Gasteiger partial charge in [0.1, 0.15) is 0 Å². The predicted octanol–water partition coefficient (Wildman–Crippen LogP) is 16.1. The van der Waals surface area contributed by atoms with Gasteiger partial charge in [0.15, 0.2) is 0 Å². The highest BCUT2D eigenvalue weighted by Gasteiger charge is 2.37. The zero-order chi connectivity index (χ0) is 49.0. The Labute approximate surface area is 371 Å². The fourth-order valence-electron chi connectivity index (χ4n) is 8.50. The van der Waals surface area contributed by atoms with Crippen molar-refractivity contribution in [3.63, 3.8) is 0 Å². The Kier molecular flexibility index (Phi) is 10.2. The van der Waals surface area contributed by atoms with Crippen LogP contribution >= 0.6 is 0 Å². The standard InChI is InChI=1S/C49H21F15N4/c50-45(51,52)27-4-11-40-34(18-27)35-19-28(46(53,54)55)5-12-41(35)67(40)39-10-3-26(31-8-1-24(22-65)15-38(31)49(62,63)64)17-33(39)32-9-2-25(23-66)16-44(32)68-42-13-6-29(47(56,57)58)20-36(42)37-21-30(48(59,60)61)7-14-43(37)68/h1-21H. The first-order chi connectivity index (χ1) is 31.8. The minimum atomic E-state index is -5.08. The molecule has 0 fully saturated rings. The van der Waals surface area contributed by atoms with Crippen molar-refractivity contribution in [3.8, 4) is 45.8 Å². The number of nitriles is 2. The van der Waals surface area contributed by atoms with Gasteiger partial charge in [-0.15, -0.1) is 0 Å². The molecule has 0 amide bonds. The lowest BCUT2D eigenvalue weighted by molar-refractivity contribution is -0.138. The lowest BCUT2D eigenvalue weighted by atomic mass is 9.92. The molecule has 0 aliphatic carbocycles. The van der Waals surface area contributed by atoms with Gasteiger partial charge in [0.2, 0.25) is 0 Å². The van der Waals surface area contributed by atoms with Crippen molar-refractivity contribution >= 4 is 43.6 Å². The van der Waals surface area contributed by atoms with Crippen LogP contribution in [0, 0.1) is 22.7 Å². The predicted molar refractivity (Wildman–Crippen MR) is 220 cm³/mol. The molecule has 19 heteroatoms. The summed E-state index contributed by atoms with van der Waals surface area (Å²) in [5, 5.41) is 18.3. The van der Waals surface area contributed by atoms with Gasteiger partial charge in [0, 0.05) is 32.7 Å². The van der Waals surface area contributed by atoms with Crippen molar-refractivity contribution in [1.82, 2.24) is 9.13 Å². The molecule has 7 aromatic carbocycles. The first-order valence-electron chi connectivity index (χ1n) is 19.5. The summed E-state index contributed by atoms with van der Waals surface area (Å²) in [6.07, 6.45) is -25.0. The molecular formula is C49H21F15N4. The van der Waals surface area contributed by atoms with Gasteiger partial charge in [-0.25, -0.2) is 0 Å². The Bertz CT molecular complexity index is 3500. The summed E-state index contributed by atoms with van der Waals surface area (Å²) in [7, 11) is 0.